The van der Waals surface area contributed by atoms with Crippen molar-refractivity contribution in [1.29, 1.82) is 0 Å². The SMILES string of the molecule is CC(C)c1nc(-c2ccc(-c3ccccc3)cc2)nc(-c2ccc3ccccc3c2)n1.CC(C)c1nc(-c2ccc(-c3ccccc3)cc2)nc(-c2cccc3ccccc23)n1.CC(C)c1nc(-c2ccccc2)nc(-c2ccc(-c3ccccc3)cc2)n1.CC(C)c1nc(-c2ccccc2)nc(-c2cccc(-c3ccccc3)c2)n1.CC(C)c1nc(-c2ccccc2)nc(-c2ccccc2-c2ccccc2)n1. The molecule has 0 spiro atoms. The molecule has 22 aromatic rings. The van der Waals surface area contributed by atoms with Crippen LogP contribution in [0.2, 0.25) is 0 Å². The second kappa shape index (κ2) is 45.7. The Hall–Kier alpha value is -17.7. The van der Waals surface area contributed by atoms with Crippen molar-refractivity contribution in [3.63, 3.8) is 0 Å². The molecular weight excluding hydrogens is 1750 g/mol. The number of hydrogen-bond acceptors (Lipinski definition) is 15. The van der Waals surface area contributed by atoms with Gasteiger partial charge in [-0.15, -0.1) is 0 Å². The van der Waals surface area contributed by atoms with Crippen molar-refractivity contribution in [2.75, 3.05) is 0 Å². The van der Waals surface area contributed by atoms with Gasteiger partial charge in [0.15, 0.2) is 58.2 Å². The third-order valence-electron chi connectivity index (χ3n) is 24.2. The monoisotopic (exact) mass is 1860 g/mol. The van der Waals surface area contributed by atoms with Gasteiger partial charge in [0.1, 0.15) is 29.1 Å². The van der Waals surface area contributed by atoms with Crippen LogP contribution in [-0.4, -0.2) is 74.8 Å². The van der Waals surface area contributed by atoms with Gasteiger partial charge < -0.3 is 0 Å². The lowest BCUT2D eigenvalue weighted by atomic mass is 9.99. The Balaban J connectivity index is 0.000000118. The van der Waals surface area contributed by atoms with Gasteiger partial charge in [0, 0.05) is 85.2 Å². The number of aromatic nitrogens is 15. The summed E-state index contributed by atoms with van der Waals surface area (Å²) in [7, 11) is 0. The van der Waals surface area contributed by atoms with Gasteiger partial charge in [-0.2, -0.15) is 0 Å². The van der Waals surface area contributed by atoms with E-state index in [0.717, 1.165) is 124 Å². The van der Waals surface area contributed by atoms with Crippen molar-refractivity contribution in [3.8, 4) is 170 Å². The molecule has 5 aromatic heterocycles. The summed E-state index contributed by atoms with van der Waals surface area (Å²) in [5.74, 6) is 12.3. The van der Waals surface area contributed by atoms with E-state index in [2.05, 4.69) is 401 Å². The molecule has 0 radical (unpaired) electrons. The van der Waals surface area contributed by atoms with E-state index < -0.39 is 0 Å². The lowest BCUT2D eigenvalue weighted by Crippen LogP contribution is -2.05. The molecule has 0 aliphatic carbocycles. The van der Waals surface area contributed by atoms with Crippen LogP contribution in [0, 0.1) is 0 Å². The summed E-state index contributed by atoms with van der Waals surface area (Å²) in [4.78, 5) is 71.5. The molecule has 0 bridgehead atoms. The highest BCUT2D eigenvalue weighted by Crippen LogP contribution is 2.37. The summed E-state index contributed by atoms with van der Waals surface area (Å²) in [6.45, 7) is 21.1. The normalized spacial score (nSPS) is 11.0. The highest BCUT2D eigenvalue weighted by atomic mass is 15.1. The maximum Gasteiger partial charge on any atom is 0.164 e. The minimum absolute atomic E-state index is 0.207. The van der Waals surface area contributed by atoms with Crippen molar-refractivity contribution in [3.05, 3.63) is 478 Å². The quantitative estimate of drug-likeness (QED) is 0.0699. The van der Waals surface area contributed by atoms with Gasteiger partial charge in [-0.3, -0.25) is 0 Å². The van der Waals surface area contributed by atoms with Crippen LogP contribution < -0.4 is 0 Å². The lowest BCUT2D eigenvalue weighted by molar-refractivity contribution is 0.766. The molecule has 15 nitrogen and oxygen atoms in total. The average molecular weight is 1860 g/mol. The predicted molar refractivity (Wildman–Crippen MR) is 586 cm³/mol. The molecule has 17 aromatic carbocycles. The summed E-state index contributed by atoms with van der Waals surface area (Å²) < 4.78 is 0. The predicted octanol–water partition coefficient (Wildman–Crippen LogP) is 32.3. The highest BCUT2D eigenvalue weighted by Gasteiger charge is 2.22. The van der Waals surface area contributed by atoms with Crippen molar-refractivity contribution in [2.24, 2.45) is 0 Å². The van der Waals surface area contributed by atoms with Crippen LogP contribution in [0.15, 0.2) is 449 Å². The van der Waals surface area contributed by atoms with Crippen LogP contribution >= 0.6 is 0 Å². The van der Waals surface area contributed by atoms with E-state index in [9.17, 15) is 0 Å². The standard InChI is InChI=1S/2C28H23N3.3C24H21N3/c1-19(2)26-29-27(23-17-15-21(16-18-23)20-9-4-3-5-10-20)31-28(30-26)25-14-8-12-22-11-6-7-13-24(22)25;1-19(2)26-29-27(23-15-12-22(13-16-23)20-8-4-3-5-9-20)31-28(30-26)25-17-14-21-10-6-7-11-24(21)18-25;1-17(2)22-25-23(19-13-7-4-8-14-19)27-24(26-22)21-16-10-9-15-20(21)18-11-5-3-6-12-18;1-17(2)22-25-23(19-12-7-4-8-13-19)27-24(26-22)21-15-9-14-20(16-21)18-10-5-3-6-11-18;1-17(2)22-25-23(20-11-7-4-8-12-20)27-24(26-22)21-15-13-19(14-16-21)18-9-5-3-6-10-18/h2*3-19H,1-2H3;3*3-17H,1-2H3. The minimum Gasteiger partial charge on any atom is -0.213 e. The molecule has 0 amide bonds. The van der Waals surface area contributed by atoms with E-state index in [1.807, 2.05) is 127 Å². The minimum atomic E-state index is 0.207. The third kappa shape index (κ3) is 24.0. The molecule has 0 saturated heterocycles. The fraction of sp³-hybridized carbons (Fsp3) is 0.117. The summed E-state index contributed by atoms with van der Waals surface area (Å²) >= 11 is 0. The zero-order valence-electron chi connectivity index (χ0n) is 81.8. The fourth-order valence-electron chi connectivity index (χ4n) is 16.4. The first kappa shape index (κ1) is 95.6. The molecule has 22 rings (SSSR count). The summed E-state index contributed by atoms with van der Waals surface area (Å²) in [6.07, 6.45) is 0. The molecule has 0 aliphatic heterocycles. The summed E-state index contributed by atoms with van der Waals surface area (Å²) in [5, 5.41) is 4.72. The molecule has 5 heterocycles. The van der Waals surface area contributed by atoms with Gasteiger partial charge in [0.2, 0.25) is 0 Å². The molecule has 143 heavy (non-hydrogen) atoms. The Labute approximate surface area is 837 Å². The summed E-state index contributed by atoms with van der Waals surface area (Å²) in [5.41, 5.74) is 21.8. The molecule has 0 N–H and O–H groups in total. The van der Waals surface area contributed by atoms with Crippen molar-refractivity contribution < 1.29 is 0 Å². The Kier molecular flexibility index (Phi) is 30.6. The molecule has 0 atom stereocenters. The fourth-order valence-corrected chi connectivity index (χ4v) is 16.4. The van der Waals surface area contributed by atoms with E-state index in [4.69, 9.17) is 64.8 Å². The van der Waals surface area contributed by atoms with Crippen LogP contribution in [0.25, 0.3) is 191 Å². The summed E-state index contributed by atoms with van der Waals surface area (Å²) in [6, 6.07) is 153. The largest absolute Gasteiger partial charge is 0.213 e. The van der Waals surface area contributed by atoms with E-state index in [1.165, 1.54) is 55.1 Å². The van der Waals surface area contributed by atoms with Crippen LogP contribution in [0.3, 0.4) is 0 Å². The second-order valence-electron chi connectivity index (χ2n) is 36.4. The topological polar surface area (TPSA) is 193 Å². The maximum absolute atomic E-state index is 4.89. The van der Waals surface area contributed by atoms with Gasteiger partial charge in [-0.25, -0.2) is 74.8 Å². The average Bonchev–Trinajstić information content (AvgIpc) is 0.687. The third-order valence-corrected chi connectivity index (χ3v) is 24.2. The highest BCUT2D eigenvalue weighted by molar-refractivity contribution is 5.95. The van der Waals surface area contributed by atoms with Crippen molar-refractivity contribution in [1.82, 2.24) is 74.8 Å². The molecule has 0 saturated carbocycles. The molecule has 0 aliphatic rings. The molecule has 0 fully saturated rings. The smallest absolute Gasteiger partial charge is 0.164 e. The Morgan fingerprint density at radius 3 is 0.678 bits per heavy atom. The van der Waals surface area contributed by atoms with Gasteiger partial charge in [-0.05, 0) is 89.3 Å². The zero-order valence-corrected chi connectivity index (χ0v) is 81.8. The number of benzene rings is 17. The van der Waals surface area contributed by atoms with Gasteiger partial charge in [0.25, 0.3) is 0 Å². The van der Waals surface area contributed by atoms with Crippen LogP contribution in [0.1, 0.15) is 128 Å². The van der Waals surface area contributed by atoms with Crippen LogP contribution in [-0.2, 0) is 0 Å². The Morgan fingerprint density at radius 2 is 0.322 bits per heavy atom. The van der Waals surface area contributed by atoms with Gasteiger partial charge >= 0.3 is 0 Å². The molecular formula is C128H109N15. The molecule has 15 heteroatoms. The van der Waals surface area contributed by atoms with Crippen LogP contribution in [0.4, 0.5) is 0 Å². The van der Waals surface area contributed by atoms with E-state index in [-0.39, 0.29) is 29.6 Å². The van der Waals surface area contributed by atoms with Crippen molar-refractivity contribution in [2.45, 2.75) is 98.8 Å². The Morgan fingerprint density at radius 1 is 0.119 bits per heavy atom. The van der Waals surface area contributed by atoms with E-state index >= 15 is 0 Å². The zero-order chi connectivity index (χ0) is 98.3. The van der Waals surface area contributed by atoms with Gasteiger partial charge in [0.05, 0.1) is 0 Å². The number of nitrogens with zero attached hydrogens (tertiary/aromatic N) is 15. The van der Waals surface area contributed by atoms with E-state index in [1.54, 1.807) is 0 Å². The van der Waals surface area contributed by atoms with Crippen molar-refractivity contribution >= 4 is 21.5 Å². The first-order valence-corrected chi connectivity index (χ1v) is 48.7. The molecule has 696 valence electrons. The maximum atomic E-state index is 4.89. The van der Waals surface area contributed by atoms with Gasteiger partial charge in [-0.1, -0.05) is 506 Å². The second-order valence-corrected chi connectivity index (χ2v) is 36.4. The van der Waals surface area contributed by atoms with E-state index in [0.29, 0.717) is 40.8 Å². The first-order valence-electron chi connectivity index (χ1n) is 48.7. The number of fused-ring (bicyclic) bond motifs is 2. The molecule has 0 unspecified atom stereocenters. The Bertz CT molecular complexity index is 7970. The number of hydrogen-bond donors (Lipinski definition) is 0. The van der Waals surface area contributed by atoms with Crippen LogP contribution in [0.5, 0.6) is 0 Å². The lowest BCUT2D eigenvalue weighted by Gasteiger charge is -2.12. The first-order chi connectivity index (χ1) is 70.0. The number of rotatable bonds is 20.